The van der Waals surface area contributed by atoms with Crippen molar-refractivity contribution in [1.29, 1.82) is 0 Å². The summed E-state index contributed by atoms with van der Waals surface area (Å²) in [5.41, 5.74) is 2.02. The zero-order chi connectivity index (χ0) is 13.0. The average molecular weight is 265 g/mol. The topological polar surface area (TPSA) is 45.1 Å². The van der Waals surface area contributed by atoms with E-state index in [9.17, 15) is 0 Å². The first-order valence-electron chi connectivity index (χ1n) is 6.12. The molecule has 0 saturated carbocycles. The maximum Gasteiger partial charge on any atom is 0.0761 e. The van der Waals surface area contributed by atoms with Crippen molar-refractivity contribution in [1.82, 2.24) is 10.3 Å². The highest BCUT2D eigenvalue weighted by Crippen LogP contribution is 2.24. The minimum atomic E-state index is 0.124. The third kappa shape index (κ3) is 2.80. The van der Waals surface area contributed by atoms with Crippen molar-refractivity contribution >= 4 is 22.5 Å². The molecule has 0 aliphatic heterocycles. The minimum absolute atomic E-state index is 0.124. The number of hydrogen-bond acceptors (Lipinski definition) is 3. The maximum absolute atomic E-state index is 9.16. The fraction of sp³-hybridized carbons (Fsp3) is 0.357. The lowest BCUT2D eigenvalue weighted by Crippen LogP contribution is -2.31. The third-order valence-electron chi connectivity index (χ3n) is 3.09. The Labute approximate surface area is 112 Å². The van der Waals surface area contributed by atoms with Crippen LogP contribution in [-0.2, 0) is 6.54 Å². The molecule has 4 heteroatoms. The molecule has 18 heavy (non-hydrogen) atoms. The Balaban J connectivity index is 2.26. The molecule has 2 rings (SSSR count). The van der Waals surface area contributed by atoms with Gasteiger partial charge in [-0.05, 0) is 30.2 Å². The first-order valence-corrected chi connectivity index (χ1v) is 6.50. The number of hydrogen-bond donors (Lipinski definition) is 2. The largest absolute Gasteiger partial charge is 0.395 e. The number of pyridine rings is 1. The highest BCUT2D eigenvalue weighted by molar-refractivity contribution is 6.35. The Morgan fingerprint density at radius 1 is 1.39 bits per heavy atom. The number of nitrogens with one attached hydrogen (secondary N) is 1. The van der Waals surface area contributed by atoms with Crippen molar-refractivity contribution in [2.75, 3.05) is 6.61 Å². The van der Waals surface area contributed by atoms with Crippen molar-refractivity contribution in [2.45, 2.75) is 25.9 Å². The quantitative estimate of drug-likeness (QED) is 0.873. The lowest BCUT2D eigenvalue weighted by molar-refractivity contribution is 0.238. The van der Waals surface area contributed by atoms with Crippen LogP contribution in [0.5, 0.6) is 0 Å². The number of aliphatic hydroxyl groups excluding tert-OH is 1. The van der Waals surface area contributed by atoms with Crippen LogP contribution in [0.1, 0.15) is 18.9 Å². The summed E-state index contributed by atoms with van der Waals surface area (Å²) in [7, 11) is 0. The highest BCUT2D eigenvalue weighted by Gasteiger charge is 2.08. The predicted molar refractivity (Wildman–Crippen MR) is 74.8 cm³/mol. The Bertz CT molecular complexity index is 526. The summed E-state index contributed by atoms with van der Waals surface area (Å²) in [6.07, 6.45) is 2.67. The summed E-state index contributed by atoms with van der Waals surface area (Å²) in [4.78, 5) is 4.38. The van der Waals surface area contributed by atoms with Gasteiger partial charge < -0.3 is 10.4 Å². The van der Waals surface area contributed by atoms with Crippen LogP contribution in [0.15, 0.2) is 30.5 Å². The van der Waals surface area contributed by atoms with Crippen molar-refractivity contribution < 1.29 is 5.11 Å². The molecule has 3 nitrogen and oxygen atoms in total. The molecule has 0 spiro atoms. The molecule has 0 aliphatic rings. The van der Waals surface area contributed by atoms with Gasteiger partial charge in [-0.25, -0.2) is 0 Å². The Morgan fingerprint density at radius 3 is 2.94 bits per heavy atom. The molecule has 0 fully saturated rings. The summed E-state index contributed by atoms with van der Waals surface area (Å²) in [6, 6.07) is 7.85. The van der Waals surface area contributed by atoms with E-state index in [1.54, 1.807) is 6.20 Å². The molecule has 2 aromatic rings. The molecule has 1 atom stereocenters. The van der Waals surface area contributed by atoms with E-state index in [1.165, 1.54) is 0 Å². The van der Waals surface area contributed by atoms with E-state index in [0.29, 0.717) is 6.54 Å². The fourth-order valence-electron chi connectivity index (χ4n) is 1.93. The van der Waals surface area contributed by atoms with E-state index in [-0.39, 0.29) is 12.6 Å². The van der Waals surface area contributed by atoms with E-state index < -0.39 is 0 Å². The van der Waals surface area contributed by atoms with Gasteiger partial charge in [-0.15, -0.1) is 0 Å². The molecule has 2 N–H and O–H groups in total. The van der Waals surface area contributed by atoms with E-state index in [1.807, 2.05) is 31.2 Å². The number of aromatic nitrogens is 1. The number of nitrogens with zero attached hydrogens (tertiary/aromatic N) is 1. The normalized spacial score (nSPS) is 12.8. The van der Waals surface area contributed by atoms with Crippen molar-refractivity contribution in [3.63, 3.8) is 0 Å². The smallest absolute Gasteiger partial charge is 0.0761 e. The first kappa shape index (κ1) is 13.3. The number of halogens is 1. The van der Waals surface area contributed by atoms with E-state index in [0.717, 1.165) is 27.9 Å². The van der Waals surface area contributed by atoms with Gasteiger partial charge in [0.25, 0.3) is 0 Å². The molecule has 1 heterocycles. The predicted octanol–water partition coefficient (Wildman–Crippen LogP) is 2.75. The molecular formula is C14H17ClN2O. The zero-order valence-electron chi connectivity index (χ0n) is 10.4. The third-order valence-corrected chi connectivity index (χ3v) is 3.42. The van der Waals surface area contributed by atoms with Gasteiger partial charge in [0.05, 0.1) is 12.1 Å². The number of aliphatic hydroxyl groups is 1. The van der Waals surface area contributed by atoms with Gasteiger partial charge in [-0.3, -0.25) is 4.98 Å². The van der Waals surface area contributed by atoms with E-state index >= 15 is 0 Å². The van der Waals surface area contributed by atoms with E-state index in [4.69, 9.17) is 16.7 Å². The molecule has 1 unspecified atom stereocenters. The molecular weight excluding hydrogens is 248 g/mol. The fourth-order valence-corrected chi connectivity index (χ4v) is 2.15. The second kappa shape index (κ2) is 6.14. The second-order valence-corrected chi connectivity index (χ2v) is 4.68. The molecule has 0 amide bonds. The highest BCUT2D eigenvalue weighted by atomic mass is 35.5. The van der Waals surface area contributed by atoms with Crippen LogP contribution < -0.4 is 5.32 Å². The van der Waals surface area contributed by atoms with Crippen molar-refractivity contribution in [3.8, 4) is 0 Å². The van der Waals surface area contributed by atoms with Crippen molar-refractivity contribution in [3.05, 3.63) is 41.0 Å². The van der Waals surface area contributed by atoms with Gasteiger partial charge in [-0.2, -0.15) is 0 Å². The Hall–Kier alpha value is -1.16. The van der Waals surface area contributed by atoms with Crippen LogP contribution in [-0.4, -0.2) is 22.7 Å². The summed E-state index contributed by atoms with van der Waals surface area (Å²) in [5.74, 6) is 0. The minimum Gasteiger partial charge on any atom is -0.395 e. The number of rotatable bonds is 5. The number of fused-ring (bicyclic) bond motifs is 1. The van der Waals surface area contributed by atoms with Crippen LogP contribution in [0.4, 0.5) is 0 Å². The van der Waals surface area contributed by atoms with Crippen LogP contribution in [0.3, 0.4) is 0 Å². The van der Waals surface area contributed by atoms with Gasteiger partial charge in [0, 0.05) is 29.2 Å². The van der Waals surface area contributed by atoms with Gasteiger partial charge >= 0.3 is 0 Å². The lowest BCUT2D eigenvalue weighted by atomic mass is 10.1. The Morgan fingerprint density at radius 2 is 2.22 bits per heavy atom. The standard InChI is InChI=1S/C14H17ClN2O/c1-2-11(9-18)17-8-10-5-6-13(15)12-4-3-7-16-14(10)12/h3-7,11,17-18H,2,8-9H2,1H3. The monoisotopic (exact) mass is 264 g/mol. The number of benzene rings is 1. The van der Waals surface area contributed by atoms with Gasteiger partial charge in [0.1, 0.15) is 0 Å². The zero-order valence-corrected chi connectivity index (χ0v) is 11.1. The van der Waals surface area contributed by atoms with Gasteiger partial charge in [0.15, 0.2) is 0 Å². The molecule has 0 aliphatic carbocycles. The van der Waals surface area contributed by atoms with E-state index in [2.05, 4.69) is 10.3 Å². The van der Waals surface area contributed by atoms with Crippen molar-refractivity contribution in [2.24, 2.45) is 0 Å². The molecule has 96 valence electrons. The SMILES string of the molecule is CCC(CO)NCc1ccc(Cl)c2cccnc12. The lowest BCUT2D eigenvalue weighted by Gasteiger charge is -2.15. The van der Waals surface area contributed by atoms with Crippen LogP contribution >= 0.6 is 11.6 Å². The molecule has 0 saturated heterocycles. The Kier molecular flexibility index (Phi) is 4.53. The molecule has 1 aromatic heterocycles. The maximum atomic E-state index is 9.16. The van der Waals surface area contributed by atoms with Gasteiger partial charge in [0.2, 0.25) is 0 Å². The molecule has 0 bridgehead atoms. The summed E-state index contributed by atoms with van der Waals surface area (Å²) in [5, 5.41) is 14.2. The first-order chi connectivity index (χ1) is 8.76. The summed E-state index contributed by atoms with van der Waals surface area (Å²) < 4.78 is 0. The van der Waals surface area contributed by atoms with Crippen LogP contribution in [0, 0.1) is 0 Å². The molecule has 0 radical (unpaired) electrons. The average Bonchev–Trinajstić information content (AvgIpc) is 2.42. The second-order valence-electron chi connectivity index (χ2n) is 4.27. The van der Waals surface area contributed by atoms with Gasteiger partial charge in [-0.1, -0.05) is 24.6 Å². The summed E-state index contributed by atoms with van der Waals surface area (Å²) >= 11 is 6.15. The van der Waals surface area contributed by atoms with Crippen LogP contribution in [0.2, 0.25) is 5.02 Å². The van der Waals surface area contributed by atoms with Crippen LogP contribution in [0.25, 0.3) is 10.9 Å². The molecule has 1 aromatic carbocycles. The summed E-state index contributed by atoms with van der Waals surface area (Å²) in [6.45, 7) is 2.88.